The van der Waals surface area contributed by atoms with E-state index in [1.807, 2.05) is 0 Å². The van der Waals surface area contributed by atoms with Gasteiger partial charge in [0.25, 0.3) is 15.9 Å². The molecule has 0 heterocycles. The molecular formula is C17H19BrN2O3S. The van der Waals surface area contributed by atoms with Gasteiger partial charge >= 0.3 is 0 Å². The molecule has 0 aliphatic rings. The lowest BCUT2D eigenvalue weighted by molar-refractivity contribution is 0.0944. The predicted octanol–water partition coefficient (Wildman–Crippen LogP) is 3.59. The van der Waals surface area contributed by atoms with Crippen LogP contribution in [0.25, 0.3) is 0 Å². The molecule has 0 fully saturated rings. The molecule has 2 aromatic rings. The highest BCUT2D eigenvalue weighted by atomic mass is 79.9. The lowest BCUT2D eigenvalue weighted by Gasteiger charge is -2.12. The van der Waals surface area contributed by atoms with Crippen LogP contribution in [0.3, 0.4) is 0 Å². The Morgan fingerprint density at radius 2 is 1.75 bits per heavy atom. The summed E-state index contributed by atoms with van der Waals surface area (Å²) in [5, 5.41) is 0. The van der Waals surface area contributed by atoms with Crippen LogP contribution in [0.15, 0.2) is 57.9 Å². The van der Waals surface area contributed by atoms with Gasteiger partial charge in [0.15, 0.2) is 0 Å². The topological polar surface area (TPSA) is 75.3 Å². The predicted molar refractivity (Wildman–Crippen MR) is 97.1 cm³/mol. The summed E-state index contributed by atoms with van der Waals surface area (Å²) < 4.78 is 25.1. The SMILES string of the molecule is CC[C@H](C)c1ccc(S(=O)(=O)NNC(=O)c2ccccc2Br)cc1. The summed E-state index contributed by atoms with van der Waals surface area (Å²) in [5.41, 5.74) is 3.64. The smallest absolute Gasteiger partial charge is 0.267 e. The Kier molecular flexibility index (Phi) is 6.15. The van der Waals surface area contributed by atoms with Gasteiger partial charge in [-0.1, -0.05) is 38.1 Å². The minimum atomic E-state index is -3.82. The van der Waals surface area contributed by atoms with E-state index in [1.54, 1.807) is 36.4 Å². The van der Waals surface area contributed by atoms with Crippen LogP contribution in [-0.2, 0) is 10.0 Å². The van der Waals surface area contributed by atoms with Crippen LogP contribution in [0.5, 0.6) is 0 Å². The quantitative estimate of drug-likeness (QED) is 0.714. The molecule has 0 aliphatic carbocycles. The van der Waals surface area contributed by atoms with Crippen molar-refractivity contribution in [3.8, 4) is 0 Å². The molecule has 0 saturated heterocycles. The molecule has 0 bridgehead atoms. The number of sulfonamides is 1. The van der Waals surface area contributed by atoms with E-state index in [1.165, 1.54) is 12.1 Å². The van der Waals surface area contributed by atoms with Gasteiger partial charge in [-0.15, -0.1) is 4.83 Å². The van der Waals surface area contributed by atoms with Crippen molar-refractivity contribution in [1.29, 1.82) is 0 Å². The van der Waals surface area contributed by atoms with Crippen LogP contribution in [0.2, 0.25) is 0 Å². The number of halogens is 1. The third-order valence-electron chi connectivity index (χ3n) is 3.79. The van der Waals surface area contributed by atoms with Crippen molar-refractivity contribution >= 4 is 31.9 Å². The molecule has 0 aliphatic heterocycles. The molecule has 24 heavy (non-hydrogen) atoms. The molecule has 0 radical (unpaired) electrons. The third-order valence-corrected chi connectivity index (χ3v) is 5.74. The molecule has 2 aromatic carbocycles. The maximum Gasteiger partial charge on any atom is 0.267 e. The number of amides is 1. The molecule has 2 rings (SSSR count). The second kappa shape index (κ2) is 7.92. The van der Waals surface area contributed by atoms with Crippen LogP contribution in [0, 0.1) is 0 Å². The summed E-state index contributed by atoms with van der Waals surface area (Å²) in [4.78, 5) is 14.3. The largest absolute Gasteiger partial charge is 0.273 e. The summed E-state index contributed by atoms with van der Waals surface area (Å²) in [7, 11) is -3.82. The molecule has 0 unspecified atom stereocenters. The average Bonchev–Trinajstić information content (AvgIpc) is 2.59. The number of carbonyl (C=O) groups excluding carboxylic acids is 1. The molecule has 128 valence electrons. The second-order valence-corrected chi connectivity index (χ2v) is 7.95. The van der Waals surface area contributed by atoms with Gasteiger partial charge in [0.1, 0.15) is 0 Å². The number of hydrogen-bond acceptors (Lipinski definition) is 3. The van der Waals surface area contributed by atoms with Crippen LogP contribution < -0.4 is 10.3 Å². The third kappa shape index (κ3) is 4.43. The van der Waals surface area contributed by atoms with Crippen LogP contribution >= 0.6 is 15.9 Å². The average molecular weight is 411 g/mol. The van der Waals surface area contributed by atoms with E-state index in [-0.39, 0.29) is 4.90 Å². The summed E-state index contributed by atoms with van der Waals surface area (Å²) in [6.45, 7) is 4.16. The first-order chi connectivity index (χ1) is 11.3. The van der Waals surface area contributed by atoms with Gasteiger partial charge in [0.2, 0.25) is 0 Å². The molecule has 1 atom stereocenters. The highest BCUT2D eigenvalue weighted by Gasteiger charge is 2.17. The second-order valence-electron chi connectivity index (χ2n) is 5.42. The lowest BCUT2D eigenvalue weighted by Crippen LogP contribution is -2.41. The fraction of sp³-hybridized carbons (Fsp3) is 0.235. The Balaban J connectivity index is 2.09. The number of nitrogens with one attached hydrogen (secondary N) is 2. The van der Waals surface area contributed by atoms with Gasteiger partial charge in [-0.05, 0) is 58.1 Å². The standard InChI is InChI=1S/C17H19BrN2O3S/c1-3-12(2)13-8-10-14(11-9-13)24(22,23)20-19-17(21)15-6-4-5-7-16(15)18/h4-12,20H,3H2,1-2H3,(H,19,21)/t12-/m0/s1. The van der Waals surface area contributed by atoms with E-state index in [0.717, 1.165) is 12.0 Å². The van der Waals surface area contributed by atoms with Gasteiger partial charge in [-0.2, -0.15) is 0 Å². The Morgan fingerprint density at radius 1 is 1.12 bits per heavy atom. The molecule has 0 spiro atoms. The van der Waals surface area contributed by atoms with E-state index in [4.69, 9.17) is 0 Å². The number of benzene rings is 2. The van der Waals surface area contributed by atoms with Crippen molar-refractivity contribution in [2.75, 3.05) is 0 Å². The van der Waals surface area contributed by atoms with E-state index in [0.29, 0.717) is 16.0 Å². The summed E-state index contributed by atoms with van der Waals surface area (Å²) >= 11 is 3.25. The van der Waals surface area contributed by atoms with Gasteiger partial charge in [0, 0.05) is 4.47 Å². The molecule has 2 N–H and O–H groups in total. The van der Waals surface area contributed by atoms with Crippen LogP contribution in [0.4, 0.5) is 0 Å². The zero-order chi connectivity index (χ0) is 17.7. The van der Waals surface area contributed by atoms with E-state index in [9.17, 15) is 13.2 Å². The Hall–Kier alpha value is -1.70. The normalized spacial score (nSPS) is 12.6. The van der Waals surface area contributed by atoms with Crippen molar-refractivity contribution in [3.63, 3.8) is 0 Å². The van der Waals surface area contributed by atoms with Crippen molar-refractivity contribution in [2.24, 2.45) is 0 Å². The molecule has 7 heteroatoms. The lowest BCUT2D eigenvalue weighted by atomic mass is 9.99. The Morgan fingerprint density at radius 3 is 2.33 bits per heavy atom. The van der Waals surface area contributed by atoms with Crippen molar-refractivity contribution < 1.29 is 13.2 Å². The number of rotatable bonds is 6. The summed E-state index contributed by atoms with van der Waals surface area (Å²) in [6, 6.07) is 13.4. The fourth-order valence-corrected chi connectivity index (χ4v) is 3.40. The van der Waals surface area contributed by atoms with E-state index >= 15 is 0 Å². The van der Waals surface area contributed by atoms with Gasteiger partial charge in [0.05, 0.1) is 10.5 Å². The zero-order valence-electron chi connectivity index (χ0n) is 13.4. The summed E-state index contributed by atoms with van der Waals surface area (Å²) in [5.74, 6) is -0.174. The molecular weight excluding hydrogens is 392 g/mol. The van der Waals surface area contributed by atoms with Crippen molar-refractivity contribution in [1.82, 2.24) is 10.3 Å². The highest BCUT2D eigenvalue weighted by molar-refractivity contribution is 9.10. The van der Waals surface area contributed by atoms with Crippen molar-refractivity contribution in [2.45, 2.75) is 31.1 Å². The van der Waals surface area contributed by atoms with E-state index < -0.39 is 15.9 Å². The van der Waals surface area contributed by atoms with E-state index in [2.05, 4.69) is 40.0 Å². The van der Waals surface area contributed by atoms with Gasteiger partial charge < -0.3 is 0 Å². The first-order valence-corrected chi connectivity index (χ1v) is 9.79. The van der Waals surface area contributed by atoms with Gasteiger partial charge in [-0.25, -0.2) is 8.42 Å². The van der Waals surface area contributed by atoms with Crippen LogP contribution in [-0.4, -0.2) is 14.3 Å². The fourth-order valence-electron chi connectivity index (χ4n) is 2.10. The number of carbonyl (C=O) groups is 1. The number of hydrogen-bond donors (Lipinski definition) is 2. The van der Waals surface area contributed by atoms with Crippen LogP contribution in [0.1, 0.15) is 42.1 Å². The first-order valence-electron chi connectivity index (χ1n) is 7.51. The molecule has 0 saturated carbocycles. The minimum Gasteiger partial charge on any atom is -0.273 e. The maximum atomic E-state index is 12.3. The highest BCUT2D eigenvalue weighted by Crippen LogP contribution is 2.20. The monoisotopic (exact) mass is 410 g/mol. The maximum absolute atomic E-state index is 12.3. The molecule has 1 amide bonds. The summed E-state index contributed by atoms with van der Waals surface area (Å²) in [6.07, 6.45) is 0.979. The zero-order valence-corrected chi connectivity index (χ0v) is 15.8. The first kappa shape index (κ1) is 18.6. The molecule has 5 nitrogen and oxygen atoms in total. The molecule has 0 aromatic heterocycles. The van der Waals surface area contributed by atoms with Gasteiger partial charge in [-0.3, -0.25) is 10.2 Å². The number of hydrazine groups is 1. The van der Waals surface area contributed by atoms with Crippen molar-refractivity contribution in [3.05, 3.63) is 64.1 Å². The Labute approximate surface area is 150 Å². The minimum absolute atomic E-state index is 0.0991. The Bertz CT molecular complexity index is 820.